The summed E-state index contributed by atoms with van der Waals surface area (Å²) in [6, 6.07) is 0. The number of Topliss-reactive ketones (excluding diaryl/α,β-unsaturated/α-hetero) is 1. The summed E-state index contributed by atoms with van der Waals surface area (Å²) in [5, 5.41) is 0. The molecule has 0 aliphatic carbocycles. The molecule has 0 saturated carbocycles. The molecule has 0 aliphatic rings. The first kappa shape index (κ1) is 26.8. The summed E-state index contributed by atoms with van der Waals surface area (Å²) in [7, 11) is -3.69. The van der Waals surface area contributed by atoms with E-state index in [-0.39, 0.29) is 54.2 Å². The van der Waals surface area contributed by atoms with Crippen LogP contribution in [0, 0.1) is 0 Å². The van der Waals surface area contributed by atoms with Gasteiger partial charge in [-0.3, -0.25) is 8.98 Å². The van der Waals surface area contributed by atoms with Crippen LogP contribution in [0.15, 0.2) is 0 Å². The number of carbonyl (C=O) groups is 1. The van der Waals surface area contributed by atoms with Gasteiger partial charge in [-0.1, -0.05) is 71.1 Å². The molecule has 0 fully saturated rings. The topological polar surface area (TPSA) is 84.2 Å². The van der Waals surface area contributed by atoms with Crippen molar-refractivity contribution in [3.8, 4) is 0 Å². The summed E-state index contributed by atoms with van der Waals surface area (Å²) in [6.07, 6.45) is 13.8. The first-order valence-corrected chi connectivity index (χ1v) is 10.6. The Bertz CT molecular complexity index is 388. The van der Waals surface area contributed by atoms with Crippen LogP contribution in [0.3, 0.4) is 0 Å². The summed E-state index contributed by atoms with van der Waals surface area (Å²) < 4.78 is 27.0. The zero-order chi connectivity index (χ0) is 17.4. The Balaban J connectivity index is 0. The average Bonchev–Trinajstić information content (AvgIpc) is 2.50. The fourth-order valence-electron chi connectivity index (χ4n) is 2.40. The third-order valence-corrected chi connectivity index (χ3v) is 4.99. The molecule has 0 atom stereocenters. The summed E-state index contributed by atoms with van der Waals surface area (Å²) in [4.78, 5) is 11.5. The molecule has 0 aromatic heterocycles. The summed E-state index contributed by atoms with van der Waals surface area (Å²) in [5.41, 5.74) is 6.85. The minimum absolute atomic E-state index is 0. The molecular formula is C17H34NNaO4S. The van der Waals surface area contributed by atoms with Crippen molar-refractivity contribution in [2.75, 3.05) is 18.9 Å². The Hall–Kier alpha value is 0.540. The van der Waals surface area contributed by atoms with E-state index in [9.17, 15) is 13.2 Å². The van der Waals surface area contributed by atoms with Crippen molar-refractivity contribution in [2.24, 2.45) is 0 Å². The SMILES string of the molecule is CCCCCCCCCCCCCC(=O)COS(=O)(=O)CC[NH-].[Na+]. The number of nitrogens with one attached hydrogen (secondary N) is 1. The second-order valence-corrected chi connectivity index (χ2v) is 7.86. The van der Waals surface area contributed by atoms with Gasteiger partial charge in [-0.05, 0) is 6.42 Å². The Morgan fingerprint density at radius 2 is 1.33 bits per heavy atom. The second-order valence-electron chi connectivity index (χ2n) is 6.10. The summed E-state index contributed by atoms with van der Waals surface area (Å²) in [6.45, 7) is 1.61. The molecule has 0 unspecified atom stereocenters. The fourth-order valence-corrected chi connectivity index (χ4v) is 3.08. The van der Waals surface area contributed by atoms with Crippen LogP contribution in [0.1, 0.15) is 84.0 Å². The molecule has 1 N–H and O–H groups in total. The first-order valence-electron chi connectivity index (χ1n) is 9.05. The normalized spacial score (nSPS) is 11.2. The van der Waals surface area contributed by atoms with E-state index in [0.717, 1.165) is 19.3 Å². The fraction of sp³-hybridized carbons (Fsp3) is 0.941. The van der Waals surface area contributed by atoms with Crippen molar-refractivity contribution < 1.29 is 47.0 Å². The van der Waals surface area contributed by atoms with Gasteiger partial charge >= 0.3 is 29.6 Å². The van der Waals surface area contributed by atoms with Crippen molar-refractivity contribution in [3.63, 3.8) is 0 Å². The largest absolute Gasteiger partial charge is 1.00 e. The Morgan fingerprint density at radius 1 is 0.875 bits per heavy atom. The van der Waals surface area contributed by atoms with Gasteiger partial charge in [-0.15, -0.1) is 6.54 Å². The van der Waals surface area contributed by atoms with Gasteiger partial charge in [0.25, 0.3) is 10.1 Å². The monoisotopic (exact) mass is 371 g/mol. The molecule has 0 rings (SSSR count). The van der Waals surface area contributed by atoms with E-state index in [2.05, 4.69) is 11.1 Å². The van der Waals surface area contributed by atoms with E-state index in [0.29, 0.717) is 6.42 Å². The van der Waals surface area contributed by atoms with Crippen LogP contribution in [0.25, 0.3) is 5.73 Å². The van der Waals surface area contributed by atoms with Crippen LogP contribution in [-0.4, -0.2) is 33.1 Å². The van der Waals surface area contributed by atoms with Gasteiger partial charge in [0.1, 0.15) is 6.61 Å². The average molecular weight is 372 g/mol. The molecule has 24 heavy (non-hydrogen) atoms. The predicted octanol–water partition coefficient (Wildman–Crippen LogP) is 1.66. The Kier molecular flexibility index (Phi) is 20.4. The minimum Gasteiger partial charge on any atom is -0.677 e. The maximum Gasteiger partial charge on any atom is 1.00 e. The molecule has 0 bridgehead atoms. The van der Waals surface area contributed by atoms with Crippen molar-refractivity contribution in [1.82, 2.24) is 0 Å². The number of hydrogen-bond donors (Lipinski definition) is 0. The molecular weight excluding hydrogens is 337 g/mol. The molecule has 0 heterocycles. The molecule has 0 aliphatic heterocycles. The van der Waals surface area contributed by atoms with Crippen LogP contribution in [-0.2, 0) is 19.1 Å². The number of unbranched alkanes of at least 4 members (excludes halogenated alkanes) is 10. The second kappa shape index (κ2) is 18.3. The molecule has 138 valence electrons. The zero-order valence-electron chi connectivity index (χ0n) is 15.6. The number of rotatable bonds is 17. The molecule has 0 aromatic rings. The molecule has 5 nitrogen and oxygen atoms in total. The van der Waals surface area contributed by atoms with E-state index in [4.69, 9.17) is 5.73 Å². The Morgan fingerprint density at radius 3 is 1.79 bits per heavy atom. The van der Waals surface area contributed by atoms with Crippen molar-refractivity contribution in [2.45, 2.75) is 84.0 Å². The van der Waals surface area contributed by atoms with Gasteiger partial charge < -0.3 is 5.73 Å². The van der Waals surface area contributed by atoms with Crippen LogP contribution in [0.4, 0.5) is 0 Å². The van der Waals surface area contributed by atoms with Gasteiger partial charge in [-0.2, -0.15) is 8.42 Å². The van der Waals surface area contributed by atoms with Crippen molar-refractivity contribution in [1.29, 1.82) is 0 Å². The van der Waals surface area contributed by atoms with Crippen molar-refractivity contribution >= 4 is 15.9 Å². The van der Waals surface area contributed by atoms with Crippen LogP contribution in [0.5, 0.6) is 0 Å². The molecule has 0 spiro atoms. The quantitative estimate of drug-likeness (QED) is 0.221. The van der Waals surface area contributed by atoms with E-state index in [1.165, 1.54) is 51.4 Å². The van der Waals surface area contributed by atoms with Gasteiger partial charge in [0.2, 0.25) is 0 Å². The van der Waals surface area contributed by atoms with Crippen LogP contribution < -0.4 is 29.6 Å². The smallest absolute Gasteiger partial charge is 0.677 e. The van der Waals surface area contributed by atoms with Crippen LogP contribution >= 0.6 is 0 Å². The van der Waals surface area contributed by atoms with Gasteiger partial charge in [0, 0.05) is 6.42 Å². The van der Waals surface area contributed by atoms with E-state index < -0.39 is 10.1 Å². The molecule has 7 heteroatoms. The predicted molar refractivity (Wildman–Crippen MR) is 95.0 cm³/mol. The van der Waals surface area contributed by atoms with E-state index >= 15 is 0 Å². The number of carbonyl (C=O) groups excluding carboxylic acids is 1. The maximum atomic E-state index is 11.5. The first-order chi connectivity index (χ1) is 11.0. The van der Waals surface area contributed by atoms with Gasteiger partial charge in [0.05, 0.1) is 5.75 Å². The molecule has 0 radical (unpaired) electrons. The number of ketones is 1. The molecule has 0 aromatic carbocycles. The number of hydrogen-bond acceptors (Lipinski definition) is 4. The Labute approximate surface area is 170 Å². The third kappa shape index (κ3) is 18.9. The maximum absolute atomic E-state index is 11.5. The van der Waals surface area contributed by atoms with Gasteiger partial charge in [0.15, 0.2) is 5.78 Å². The summed E-state index contributed by atoms with van der Waals surface area (Å²) >= 11 is 0. The van der Waals surface area contributed by atoms with E-state index in [1.54, 1.807) is 0 Å². The zero-order valence-corrected chi connectivity index (χ0v) is 18.5. The minimum atomic E-state index is -3.69. The van der Waals surface area contributed by atoms with Crippen LogP contribution in [0.2, 0.25) is 0 Å². The van der Waals surface area contributed by atoms with E-state index in [1.807, 2.05) is 0 Å². The van der Waals surface area contributed by atoms with Gasteiger partial charge in [-0.25, -0.2) is 0 Å². The standard InChI is InChI=1S/C17H34NO4S.Na/c1-2-3-4-5-6-7-8-9-10-11-12-13-17(19)16-22-23(20,21)15-14-18;/h18H,2-16H2,1H3;/q-1;+1. The third-order valence-electron chi connectivity index (χ3n) is 3.81. The molecule has 0 saturated heterocycles. The molecule has 0 amide bonds. The summed E-state index contributed by atoms with van der Waals surface area (Å²) in [5.74, 6) is -0.520. The van der Waals surface area contributed by atoms with Crippen molar-refractivity contribution in [3.05, 3.63) is 5.73 Å².